The predicted molar refractivity (Wildman–Crippen MR) is 276 cm³/mol. The van der Waals surface area contributed by atoms with Gasteiger partial charge in [0.25, 0.3) is 5.91 Å². The number of nitrogens with zero attached hydrogens (tertiary/aromatic N) is 2. The van der Waals surface area contributed by atoms with Crippen LogP contribution in [-0.2, 0) is 11.3 Å². The predicted octanol–water partition coefficient (Wildman–Crippen LogP) is 9.08. The first kappa shape index (κ1) is 51.1. The summed E-state index contributed by atoms with van der Waals surface area (Å²) >= 11 is 13.7. The van der Waals surface area contributed by atoms with E-state index in [2.05, 4.69) is 10.6 Å². The van der Waals surface area contributed by atoms with Gasteiger partial charge in [-0.2, -0.15) is 0 Å². The molecule has 4 aliphatic rings. The second kappa shape index (κ2) is 20.7. The van der Waals surface area contributed by atoms with E-state index in [-0.39, 0.29) is 92.2 Å². The van der Waals surface area contributed by atoms with Crippen molar-refractivity contribution in [3.8, 4) is 50.7 Å². The molecule has 0 saturated carbocycles. The number of rotatable bonds is 13. The molecule has 16 nitrogen and oxygen atoms in total. The molecule has 0 saturated heterocycles. The Kier molecular flexibility index (Phi) is 14.7. The number of aromatic hydroxyl groups is 1. The van der Waals surface area contributed by atoms with E-state index >= 15 is 0 Å². The number of phenols is 1. The lowest BCUT2D eigenvalue weighted by Crippen LogP contribution is -2.24. The van der Waals surface area contributed by atoms with Gasteiger partial charge in [-0.25, -0.2) is 19.0 Å². The number of allylic oxidation sites excluding steroid dienone is 2. The van der Waals surface area contributed by atoms with Crippen LogP contribution in [0.5, 0.6) is 5.75 Å². The molecule has 0 atom stereocenters. The monoisotopic (exact) mass is 1010 g/mol. The van der Waals surface area contributed by atoms with Crippen molar-refractivity contribution in [1.29, 1.82) is 0 Å². The number of phenolic OH excluding ortho intramolecular Hbond substituents is 1. The van der Waals surface area contributed by atoms with Gasteiger partial charge in [0.1, 0.15) is 42.5 Å². The molecule has 4 aromatic rings. The summed E-state index contributed by atoms with van der Waals surface area (Å²) in [5, 5.41) is 47.9. The molecule has 8 rings (SSSR count). The molecule has 2 aliphatic carbocycles. The molecule has 72 heavy (non-hydrogen) atoms. The molecule has 2 amide bonds. The number of hydrogen-bond donors (Lipinski definition) is 6. The van der Waals surface area contributed by atoms with Crippen LogP contribution in [0.2, 0.25) is 10.0 Å². The van der Waals surface area contributed by atoms with E-state index in [0.717, 1.165) is 17.1 Å². The van der Waals surface area contributed by atoms with Gasteiger partial charge in [0.2, 0.25) is 11.3 Å². The zero-order chi connectivity index (χ0) is 51.0. The van der Waals surface area contributed by atoms with Crippen molar-refractivity contribution in [3.63, 3.8) is 0 Å². The molecule has 366 valence electrons. The number of halogens is 2. The van der Waals surface area contributed by atoms with E-state index in [9.17, 15) is 49.2 Å². The van der Waals surface area contributed by atoms with Gasteiger partial charge < -0.3 is 44.8 Å². The number of aromatic carboxylic acids is 3. The van der Waals surface area contributed by atoms with Crippen LogP contribution in [0.4, 0.5) is 5.69 Å². The Bertz CT molecular complexity index is 3700. The molecular formula is C54H45Cl2N4O12+. The molecule has 0 radical (unpaired) electrons. The Hall–Kier alpha value is -8.73. The highest BCUT2D eigenvalue weighted by atomic mass is 35.5. The topological polar surface area (TPSA) is 240 Å². The average molecular weight is 1010 g/mol. The summed E-state index contributed by atoms with van der Waals surface area (Å²) in [6.07, 6.45) is 5.54. The van der Waals surface area contributed by atoms with Gasteiger partial charge in [-0.3, -0.25) is 14.4 Å². The van der Waals surface area contributed by atoms with Crippen molar-refractivity contribution >= 4 is 80.6 Å². The second-order valence-corrected chi connectivity index (χ2v) is 17.3. The Morgan fingerprint density at radius 2 is 1.40 bits per heavy atom. The normalized spacial score (nSPS) is 11.4. The van der Waals surface area contributed by atoms with Crippen LogP contribution >= 0.6 is 23.2 Å². The molecule has 0 unspecified atom stereocenters. The molecular weight excluding hydrogens is 968 g/mol. The lowest BCUT2D eigenvalue weighted by Gasteiger charge is -2.21. The quantitative estimate of drug-likeness (QED) is 0.0274. The minimum atomic E-state index is -1.41. The fourth-order valence-corrected chi connectivity index (χ4v) is 8.83. The van der Waals surface area contributed by atoms with E-state index < -0.39 is 35.2 Å². The Balaban J connectivity index is 0.00000760. The lowest BCUT2D eigenvalue weighted by molar-refractivity contribution is -0.116. The molecule has 0 fully saturated rings. The van der Waals surface area contributed by atoms with Crippen molar-refractivity contribution in [2.45, 2.75) is 14.0 Å². The third-order valence-corrected chi connectivity index (χ3v) is 12.4. The summed E-state index contributed by atoms with van der Waals surface area (Å²) in [6.45, 7) is -0.362. The van der Waals surface area contributed by atoms with Crippen LogP contribution < -0.4 is 30.9 Å². The van der Waals surface area contributed by atoms with Gasteiger partial charge in [-0.1, -0.05) is 54.9 Å². The molecule has 18 heteroatoms. The fourth-order valence-electron chi connectivity index (χ4n) is 8.21. The number of carboxylic acids is 3. The standard InChI is InChI=1S/C53H40Cl2N4O12.CH4/c1-58(2)27-10-14-32-40(21-27)70-41-22-28(59(3)4)11-15-33(41)45(32)46-38(54)24-36(48(55)47(46)53(68)69)50(63)56-19-7-5-6-8-43(62)57-25-37-39(61)18-17-34-44(31-16-12-29(60)23-42(31)71-49(34)37)30-13-9-26(51(64)65)20-35(30)52(66)67;/h5-18,20-24H,19,25H2,1-4H3,(H5-,56,57,60,61,62,63,64,65,66,67,68,69);1H4/p+1/b7-5+,8-6+;. The Morgan fingerprint density at radius 3 is 2.10 bits per heavy atom. The van der Waals surface area contributed by atoms with Gasteiger partial charge in [-0.05, 0) is 66.2 Å². The highest BCUT2D eigenvalue weighted by molar-refractivity contribution is 6.41. The van der Waals surface area contributed by atoms with Crippen molar-refractivity contribution in [2.24, 2.45) is 0 Å². The van der Waals surface area contributed by atoms with Crippen LogP contribution in [0, 0.1) is 0 Å². The third-order valence-electron chi connectivity index (χ3n) is 11.7. The summed E-state index contributed by atoms with van der Waals surface area (Å²) in [5.41, 5.74) is 1.71. The number of fused-ring (bicyclic) bond motifs is 4. The number of amides is 2. The molecule has 2 aliphatic heterocycles. The smallest absolute Gasteiger partial charge is 0.337 e. The average Bonchev–Trinajstić information content (AvgIpc) is 3.32. The summed E-state index contributed by atoms with van der Waals surface area (Å²) in [5.74, 6) is -5.26. The third kappa shape index (κ3) is 9.86. The number of carbonyl (C=O) groups is 5. The zero-order valence-corrected chi connectivity index (χ0v) is 39.6. The second-order valence-electron chi connectivity index (χ2n) is 16.6. The van der Waals surface area contributed by atoms with Crippen molar-refractivity contribution in [3.05, 3.63) is 169 Å². The molecule has 6 N–H and O–H groups in total. The Labute approximate surface area is 420 Å². The maximum Gasteiger partial charge on any atom is 0.337 e. The molecule has 2 heterocycles. The molecule has 0 aromatic heterocycles. The van der Waals surface area contributed by atoms with Crippen molar-refractivity contribution < 1.29 is 53.2 Å². The summed E-state index contributed by atoms with van der Waals surface area (Å²) in [6, 6.07) is 22.7. The van der Waals surface area contributed by atoms with E-state index in [0.29, 0.717) is 38.8 Å². The first-order chi connectivity index (χ1) is 33.8. The molecule has 4 aromatic carbocycles. The zero-order valence-electron chi connectivity index (χ0n) is 38.1. The first-order valence-electron chi connectivity index (χ1n) is 21.5. The van der Waals surface area contributed by atoms with Gasteiger partial charge in [0.05, 0.1) is 50.5 Å². The number of carbonyl (C=O) groups excluding carboxylic acids is 2. The number of benzene rings is 6. The van der Waals surface area contributed by atoms with Crippen LogP contribution in [0.3, 0.4) is 0 Å². The van der Waals surface area contributed by atoms with Crippen molar-refractivity contribution in [1.82, 2.24) is 15.2 Å². The Morgan fingerprint density at radius 1 is 0.708 bits per heavy atom. The van der Waals surface area contributed by atoms with E-state index in [1.54, 1.807) is 0 Å². The minimum Gasteiger partial charge on any atom is -0.507 e. The van der Waals surface area contributed by atoms with E-state index in [1.165, 1.54) is 72.8 Å². The van der Waals surface area contributed by atoms with Crippen LogP contribution in [-0.4, -0.2) is 84.9 Å². The maximum atomic E-state index is 13.5. The first-order valence-corrected chi connectivity index (χ1v) is 22.3. The minimum absolute atomic E-state index is 0. The van der Waals surface area contributed by atoms with E-state index in [4.69, 9.17) is 32.0 Å². The van der Waals surface area contributed by atoms with Gasteiger partial charge in [0, 0.05) is 89.2 Å². The van der Waals surface area contributed by atoms with Crippen molar-refractivity contribution in [2.75, 3.05) is 39.6 Å². The SMILES string of the molecule is C.CN(C)c1ccc2c(-c3c(Cl)cc(C(=O)NC/C=C/C=C/C(=O)NCc4c(O)ccc5c(-c6ccc(C(=O)O)cc6C(=O)O)c6ccc(=O)cc-6oc45)c(Cl)c3C(=O)O)c3ccc(=[N+](C)C)cc-3oc2c1. The molecule has 0 bridgehead atoms. The largest absolute Gasteiger partial charge is 0.507 e. The van der Waals surface area contributed by atoms with Gasteiger partial charge >= 0.3 is 17.9 Å². The number of hydrogen-bond acceptors (Lipinski definition) is 10. The number of nitrogens with one attached hydrogen (secondary N) is 2. The van der Waals surface area contributed by atoms with Crippen LogP contribution in [0.1, 0.15) is 54.4 Å². The molecule has 0 spiro atoms. The number of carboxylic acid groups (broad SMARTS) is 3. The van der Waals surface area contributed by atoms with Gasteiger partial charge in [-0.15, -0.1) is 0 Å². The lowest BCUT2D eigenvalue weighted by atomic mass is 9.89. The fraction of sp³-hybridized carbons (Fsp3) is 0.130. The van der Waals surface area contributed by atoms with E-state index in [1.807, 2.05) is 74.1 Å². The van der Waals surface area contributed by atoms with Gasteiger partial charge in [0.15, 0.2) is 5.43 Å². The highest BCUT2D eigenvalue weighted by Gasteiger charge is 2.30. The van der Waals surface area contributed by atoms with Crippen LogP contribution in [0.15, 0.2) is 129 Å². The highest BCUT2D eigenvalue weighted by Crippen LogP contribution is 2.47. The van der Waals surface area contributed by atoms with Crippen LogP contribution in [0.25, 0.3) is 66.8 Å². The number of anilines is 1. The summed E-state index contributed by atoms with van der Waals surface area (Å²) < 4.78 is 14.4. The summed E-state index contributed by atoms with van der Waals surface area (Å²) in [7, 11) is 7.53. The maximum absolute atomic E-state index is 13.5. The summed E-state index contributed by atoms with van der Waals surface area (Å²) in [4.78, 5) is 78.1.